The van der Waals surface area contributed by atoms with Gasteiger partial charge in [-0.05, 0) is 44.2 Å². The third-order valence-corrected chi connectivity index (χ3v) is 6.85. The Labute approximate surface area is 162 Å². The number of nitriles is 1. The molecule has 0 radical (unpaired) electrons. The van der Waals surface area contributed by atoms with Crippen molar-refractivity contribution < 1.29 is 13.2 Å². The van der Waals surface area contributed by atoms with Crippen LogP contribution in [0.2, 0.25) is 0 Å². The maximum atomic E-state index is 12.8. The molecule has 1 aromatic carbocycles. The lowest BCUT2D eigenvalue weighted by molar-refractivity contribution is -0.117. The van der Waals surface area contributed by atoms with Gasteiger partial charge in [0.25, 0.3) is 0 Å². The molecule has 0 bridgehead atoms. The van der Waals surface area contributed by atoms with Crippen molar-refractivity contribution in [3.05, 3.63) is 24.3 Å². The third-order valence-electron chi connectivity index (χ3n) is 4.92. The summed E-state index contributed by atoms with van der Waals surface area (Å²) in [6.45, 7) is 0.695. The van der Waals surface area contributed by atoms with E-state index in [0.717, 1.165) is 25.7 Å². The molecule has 0 aromatic heterocycles. The summed E-state index contributed by atoms with van der Waals surface area (Å²) < 4.78 is 27.1. The molecule has 0 spiro atoms. The van der Waals surface area contributed by atoms with Gasteiger partial charge in [0.1, 0.15) is 0 Å². The summed E-state index contributed by atoms with van der Waals surface area (Å²) in [7, 11) is -0.109. The van der Waals surface area contributed by atoms with Gasteiger partial charge in [-0.25, -0.2) is 8.42 Å². The number of hydrogen-bond acceptors (Lipinski definition) is 5. The number of carbonyl (C=O) groups is 1. The van der Waals surface area contributed by atoms with Crippen molar-refractivity contribution in [2.45, 2.75) is 49.5 Å². The molecular weight excluding hydrogens is 364 g/mol. The first-order valence-corrected chi connectivity index (χ1v) is 10.7. The summed E-state index contributed by atoms with van der Waals surface area (Å²) in [5, 5.41) is 11.3. The number of sulfonamides is 1. The Bertz CT molecular complexity index is 765. The number of anilines is 1. The molecule has 0 unspecified atom stereocenters. The number of rotatable bonds is 8. The summed E-state index contributed by atoms with van der Waals surface area (Å²) in [5.41, 5.74) is 0.549. The average molecular weight is 393 g/mol. The molecule has 1 saturated carbocycles. The Morgan fingerprint density at radius 2 is 1.81 bits per heavy atom. The minimum absolute atomic E-state index is 0.0621. The van der Waals surface area contributed by atoms with Gasteiger partial charge in [-0.3, -0.25) is 9.69 Å². The molecule has 1 N–H and O–H groups in total. The monoisotopic (exact) mass is 392 g/mol. The summed E-state index contributed by atoms with van der Waals surface area (Å²) >= 11 is 0. The average Bonchev–Trinajstić information content (AvgIpc) is 2.66. The van der Waals surface area contributed by atoms with E-state index in [1.165, 1.54) is 22.9 Å². The van der Waals surface area contributed by atoms with Gasteiger partial charge in [-0.1, -0.05) is 19.3 Å². The first-order valence-electron chi connectivity index (χ1n) is 9.28. The Balaban J connectivity index is 1.97. The highest BCUT2D eigenvalue weighted by Gasteiger charge is 2.28. The molecule has 0 heterocycles. The van der Waals surface area contributed by atoms with Gasteiger partial charge in [-0.15, -0.1) is 0 Å². The minimum Gasteiger partial charge on any atom is -0.325 e. The van der Waals surface area contributed by atoms with Crippen molar-refractivity contribution in [1.82, 2.24) is 9.21 Å². The second-order valence-corrected chi connectivity index (χ2v) is 9.03. The van der Waals surface area contributed by atoms with Gasteiger partial charge in [0, 0.05) is 31.7 Å². The molecule has 1 aliphatic rings. The number of nitrogens with one attached hydrogen (secondary N) is 1. The van der Waals surface area contributed by atoms with Crippen molar-refractivity contribution in [3.8, 4) is 6.07 Å². The maximum Gasteiger partial charge on any atom is 0.243 e. The molecule has 1 aromatic rings. The van der Waals surface area contributed by atoms with E-state index >= 15 is 0 Å². The molecule has 7 nitrogen and oxygen atoms in total. The summed E-state index contributed by atoms with van der Waals surface area (Å²) in [6.07, 6.45) is 5.48. The zero-order valence-electron chi connectivity index (χ0n) is 16.0. The van der Waals surface area contributed by atoms with E-state index < -0.39 is 10.0 Å². The minimum atomic E-state index is -3.53. The molecule has 2 rings (SSSR count). The van der Waals surface area contributed by atoms with Crippen molar-refractivity contribution in [3.63, 3.8) is 0 Å². The second kappa shape index (κ2) is 9.83. The summed E-state index contributed by atoms with van der Waals surface area (Å²) in [6, 6.07) is 8.38. The molecule has 1 amide bonds. The van der Waals surface area contributed by atoms with E-state index in [9.17, 15) is 13.2 Å². The van der Waals surface area contributed by atoms with Crippen molar-refractivity contribution >= 4 is 21.6 Å². The third kappa shape index (κ3) is 6.03. The van der Waals surface area contributed by atoms with E-state index in [4.69, 9.17) is 5.26 Å². The van der Waals surface area contributed by atoms with Crippen LogP contribution in [0.1, 0.15) is 38.5 Å². The lowest BCUT2D eigenvalue weighted by Crippen LogP contribution is -2.38. The van der Waals surface area contributed by atoms with Crippen molar-refractivity contribution in [2.75, 3.05) is 32.5 Å². The van der Waals surface area contributed by atoms with E-state index in [0.29, 0.717) is 18.7 Å². The van der Waals surface area contributed by atoms with Crippen molar-refractivity contribution in [1.29, 1.82) is 5.26 Å². The molecular formula is C19H28N4O3S. The van der Waals surface area contributed by atoms with E-state index in [1.807, 2.05) is 6.07 Å². The van der Waals surface area contributed by atoms with Crippen LogP contribution in [-0.4, -0.2) is 56.8 Å². The Morgan fingerprint density at radius 3 is 2.41 bits per heavy atom. The number of hydrogen-bond donors (Lipinski definition) is 1. The fourth-order valence-corrected chi connectivity index (χ4v) is 4.70. The molecule has 0 atom stereocenters. The molecule has 0 aliphatic heterocycles. The van der Waals surface area contributed by atoms with Gasteiger partial charge >= 0.3 is 0 Å². The molecule has 1 aliphatic carbocycles. The van der Waals surface area contributed by atoms with Gasteiger partial charge in [0.15, 0.2) is 0 Å². The predicted molar refractivity (Wildman–Crippen MR) is 105 cm³/mol. The van der Waals surface area contributed by atoms with Crippen LogP contribution in [0.4, 0.5) is 5.69 Å². The fourth-order valence-electron chi connectivity index (χ4n) is 3.28. The highest BCUT2D eigenvalue weighted by Crippen LogP contribution is 2.26. The Kier molecular flexibility index (Phi) is 7.78. The first-order chi connectivity index (χ1) is 12.8. The summed E-state index contributed by atoms with van der Waals surface area (Å²) in [5.74, 6) is -0.203. The number of benzene rings is 1. The molecule has 27 heavy (non-hydrogen) atoms. The van der Waals surface area contributed by atoms with E-state index in [1.54, 1.807) is 31.1 Å². The van der Waals surface area contributed by atoms with Crippen LogP contribution in [0.25, 0.3) is 0 Å². The zero-order chi connectivity index (χ0) is 19.9. The van der Waals surface area contributed by atoms with E-state index in [-0.39, 0.29) is 23.4 Å². The highest BCUT2D eigenvalue weighted by molar-refractivity contribution is 7.89. The number of likely N-dealkylation sites (N-methyl/N-ethyl adjacent to an activating group) is 1. The van der Waals surface area contributed by atoms with Gasteiger partial charge in [-0.2, -0.15) is 9.57 Å². The smallest absolute Gasteiger partial charge is 0.243 e. The molecule has 0 saturated heterocycles. The number of nitrogens with zero attached hydrogens (tertiary/aromatic N) is 3. The lowest BCUT2D eigenvalue weighted by atomic mass is 9.96. The molecule has 148 valence electrons. The van der Waals surface area contributed by atoms with Gasteiger partial charge < -0.3 is 5.32 Å². The highest BCUT2D eigenvalue weighted by atomic mass is 32.2. The summed E-state index contributed by atoms with van der Waals surface area (Å²) in [4.78, 5) is 14.0. The van der Waals surface area contributed by atoms with Crippen LogP contribution >= 0.6 is 0 Å². The van der Waals surface area contributed by atoms with Crippen LogP contribution in [0, 0.1) is 11.3 Å². The van der Waals surface area contributed by atoms with Gasteiger partial charge in [0.2, 0.25) is 15.9 Å². The number of amides is 1. The maximum absolute atomic E-state index is 12.8. The van der Waals surface area contributed by atoms with Crippen LogP contribution in [0.5, 0.6) is 0 Å². The van der Waals surface area contributed by atoms with Gasteiger partial charge in [0.05, 0.1) is 17.5 Å². The molecule has 8 heteroatoms. The largest absolute Gasteiger partial charge is 0.325 e. The topological polar surface area (TPSA) is 93.5 Å². The second-order valence-electron chi connectivity index (χ2n) is 7.03. The van der Waals surface area contributed by atoms with Crippen LogP contribution < -0.4 is 5.32 Å². The van der Waals surface area contributed by atoms with Crippen LogP contribution in [0.15, 0.2) is 29.2 Å². The van der Waals surface area contributed by atoms with E-state index in [2.05, 4.69) is 5.32 Å². The van der Waals surface area contributed by atoms with Crippen LogP contribution in [-0.2, 0) is 14.8 Å². The lowest BCUT2D eigenvalue weighted by Gasteiger charge is -2.30. The Hall–Kier alpha value is -1.95. The zero-order valence-corrected chi connectivity index (χ0v) is 16.8. The Morgan fingerprint density at radius 1 is 1.19 bits per heavy atom. The quantitative estimate of drug-likeness (QED) is 0.733. The number of carbonyl (C=O) groups excluding carboxylic acids is 1. The fraction of sp³-hybridized carbons (Fsp3) is 0.579. The normalized spacial score (nSPS) is 15.7. The predicted octanol–water partition coefficient (Wildman–Crippen LogP) is 2.42. The van der Waals surface area contributed by atoms with Crippen molar-refractivity contribution in [2.24, 2.45) is 0 Å². The standard InChI is InChI=1S/C19H28N4O3S/c1-22(14-6-13-20)15-19(24)21-16-9-11-18(12-10-16)27(25,26)23(2)17-7-4-3-5-8-17/h9-12,17H,3-8,14-15H2,1-2H3,(H,21,24). The molecule has 1 fully saturated rings. The SMILES string of the molecule is CN(CCC#N)CC(=O)Nc1ccc(S(=O)(=O)N(C)C2CCCCC2)cc1. The first kappa shape index (κ1) is 21.4. The van der Waals surface area contributed by atoms with Crippen LogP contribution in [0.3, 0.4) is 0 Å².